The lowest BCUT2D eigenvalue weighted by atomic mass is 9.93. The molecule has 1 aliphatic heterocycles. The highest BCUT2D eigenvalue weighted by atomic mass is 32.2. The van der Waals surface area contributed by atoms with E-state index in [9.17, 15) is 13.2 Å². The molecule has 1 aliphatic carbocycles. The Bertz CT molecular complexity index is 663. The van der Waals surface area contributed by atoms with E-state index in [0.29, 0.717) is 18.4 Å². The molecule has 0 bridgehead atoms. The summed E-state index contributed by atoms with van der Waals surface area (Å²) in [4.78, 5) is 11.7. The number of amides is 1. The molecule has 3 rings (SSSR count). The van der Waals surface area contributed by atoms with E-state index in [1.807, 2.05) is 6.07 Å². The molecule has 0 spiro atoms. The first-order valence-corrected chi connectivity index (χ1v) is 7.90. The molecule has 1 aromatic carbocycles. The summed E-state index contributed by atoms with van der Waals surface area (Å²) in [6.45, 7) is 2.47. The Hall–Kier alpha value is -1.40. The Morgan fingerprint density at radius 2 is 2.05 bits per heavy atom. The molecule has 1 atom stereocenters. The van der Waals surface area contributed by atoms with Gasteiger partial charge < -0.3 is 5.32 Å². The van der Waals surface area contributed by atoms with Crippen LogP contribution in [0, 0.1) is 5.92 Å². The molecule has 1 aromatic rings. The number of sulfonamides is 1. The second-order valence-electron chi connectivity index (χ2n) is 5.41. The summed E-state index contributed by atoms with van der Waals surface area (Å²) >= 11 is 0. The molecule has 2 aliphatic rings. The highest BCUT2D eigenvalue weighted by Crippen LogP contribution is 2.43. The van der Waals surface area contributed by atoms with Crippen LogP contribution in [-0.4, -0.2) is 14.3 Å². The van der Waals surface area contributed by atoms with Crippen molar-refractivity contribution in [3.63, 3.8) is 0 Å². The van der Waals surface area contributed by atoms with Crippen LogP contribution in [0.15, 0.2) is 17.0 Å². The van der Waals surface area contributed by atoms with Crippen LogP contribution in [0.5, 0.6) is 0 Å². The minimum absolute atomic E-state index is 0.0394. The van der Waals surface area contributed by atoms with Crippen molar-refractivity contribution < 1.29 is 13.2 Å². The first kappa shape index (κ1) is 12.6. The van der Waals surface area contributed by atoms with E-state index in [4.69, 9.17) is 5.14 Å². The van der Waals surface area contributed by atoms with Crippen LogP contribution in [0.25, 0.3) is 0 Å². The normalized spacial score (nSPS) is 20.0. The maximum absolute atomic E-state index is 11.7. The first-order chi connectivity index (χ1) is 8.88. The molecule has 1 fully saturated rings. The molecule has 0 aromatic heterocycles. The fourth-order valence-corrected chi connectivity index (χ4v) is 3.52. The molecule has 1 heterocycles. The molecular formula is C13H16N2O3S. The van der Waals surface area contributed by atoms with Crippen LogP contribution < -0.4 is 10.5 Å². The van der Waals surface area contributed by atoms with Gasteiger partial charge in [-0.2, -0.15) is 0 Å². The van der Waals surface area contributed by atoms with Crippen molar-refractivity contribution in [2.24, 2.45) is 11.1 Å². The van der Waals surface area contributed by atoms with E-state index in [2.05, 4.69) is 12.2 Å². The van der Waals surface area contributed by atoms with Gasteiger partial charge in [-0.3, -0.25) is 4.79 Å². The average Bonchev–Trinajstić information content (AvgIpc) is 3.11. The van der Waals surface area contributed by atoms with Crippen molar-refractivity contribution in [3.8, 4) is 0 Å². The predicted octanol–water partition coefficient (Wildman–Crippen LogP) is 1.09. The number of carbonyl (C=O) groups is 1. The van der Waals surface area contributed by atoms with Gasteiger partial charge in [0.05, 0.1) is 10.5 Å². The molecular weight excluding hydrogens is 264 g/mol. The third kappa shape index (κ3) is 2.15. The fraction of sp³-hybridized carbons (Fsp3) is 0.462. The van der Waals surface area contributed by atoms with Gasteiger partial charge in [0.1, 0.15) is 0 Å². The zero-order valence-electron chi connectivity index (χ0n) is 10.6. The van der Waals surface area contributed by atoms with Crippen LogP contribution in [0.2, 0.25) is 0 Å². The largest absolute Gasteiger partial charge is 0.348 e. The summed E-state index contributed by atoms with van der Waals surface area (Å²) in [5, 5.41) is 7.89. The number of fused-ring (bicyclic) bond motifs is 1. The monoisotopic (exact) mass is 280 g/mol. The molecule has 1 amide bonds. The van der Waals surface area contributed by atoms with E-state index in [-0.39, 0.29) is 16.4 Å². The van der Waals surface area contributed by atoms with Crippen molar-refractivity contribution in [2.75, 3.05) is 0 Å². The Morgan fingerprint density at radius 1 is 1.37 bits per heavy atom. The molecule has 1 saturated carbocycles. The Morgan fingerprint density at radius 3 is 2.63 bits per heavy atom. The maximum Gasteiger partial charge on any atom is 0.253 e. The van der Waals surface area contributed by atoms with Gasteiger partial charge in [0.15, 0.2) is 0 Å². The predicted molar refractivity (Wildman–Crippen MR) is 70.1 cm³/mol. The topological polar surface area (TPSA) is 89.3 Å². The molecule has 0 saturated heterocycles. The number of hydrogen-bond donors (Lipinski definition) is 2. The summed E-state index contributed by atoms with van der Waals surface area (Å²) in [6.07, 6.45) is 2.36. The molecule has 5 nitrogen and oxygen atoms in total. The molecule has 6 heteroatoms. The van der Waals surface area contributed by atoms with Gasteiger partial charge in [-0.15, -0.1) is 0 Å². The zero-order valence-corrected chi connectivity index (χ0v) is 11.5. The SMILES string of the molecule is C[C@H](c1cc2c(c(S(N)(=O)=O)c1)C(=O)NC2)C1CC1. The minimum atomic E-state index is -3.88. The van der Waals surface area contributed by atoms with Gasteiger partial charge in [0, 0.05) is 6.54 Å². The van der Waals surface area contributed by atoms with Crippen LogP contribution in [0.1, 0.15) is 47.2 Å². The Balaban J connectivity index is 2.18. The van der Waals surface area contributed by atoms with E-state index in [1.165, 1.54) is 12.8 Å². The lowest BCUT2D eigenvalue weighted by Crippen LogP contribution is -2.19. The second kappa shape index (κ2) is 4.05. The number of rotatable bonds is 3. The quantitative estimate of drug-likeness (QED) is 0.868. The number of benzene rings is 1. The lowest BCUT2D eigenvalue weighted by molar-refractivity contribution is 0.0963. The molecule has 0 radical (unpaired) electrons. The van der Waals surface area contributed by atoms with Crippen molar-refractivity contribution >= 4 is 15.9 Å². The summed E-state index contributed by atoms with van der Waals surface area (Å²) in [6, 6.07) is 3.51. The average molecular weight is 280 g/mol. The number of nitrogens with two attached hydrogens (primary N) is 1. The van der Waals surface area contributed by atoms with Gasteiger partial charge in [-0.1, -0.05) is 13.0 Å². The van der Waals surface area contributed by atoms with Gasteiger partial charge in [0.2, 0.25) is 10.0 Å². The van der Waals surface area contributed by atoms with E-state index >= 15 is 0 Å². The van der Waals surface area contributed by atoms with Crippen molar-refractivity contribution in [3.05, 3.63) is 28.8 Å². The van der Waals surface area contributed by atoms with Crippen molar-refractivity contribution in [1.82, 2.24) is 5.32 Å². The summed E-state index contributed by atoms with van der Waals surface area (Å²) in [7, 11) is -3.88. The van der Waals surface area contributed by atoms with E-state index < -0.39 is 10.0 Å². The number of hydrogen-bond acceptors (Lipinski definition) is 3. The van der Waals surface area contributed by atoms with Gasteiger partial charge in [0.25, 0.3) is 5.91 Å². The maximum atomic E-state index is 11.7. The fourth-order valence-electron chi connectivity index (χ4n) is 2.71. The molecule has 102 valence electrons. The summed E-state index contributed by atoms with van der Waals surface area (Å²) in [5.74, 6) is 0.572. The molecule has 19 heavy (non-hydrogen) atoms. The highest BCUT2D eigenvalue weighted by molar-refractivity contribution is 7.89. The van der Waals surface area contributed by atoms with Crippen LogP contribution in [0.4, 0.5) is 0 Å². The van der Waals surface area contributed by atoms with E-state index in [1.54, 1.807) is 6.07 Å². The third-order valence-corrected chi connectivity index (χ3v) is 4.97. The number of primary sulfonamides is 1. The van der Waals surface area contributed by atoms with Gasteiger partial charge in [-0.05, 0) is 41.9 Å². The van der Waals surface area contributed by atoms with E-state index in [0.717, 1.165) is 11.1 Å². The van der Waals surface area contributed by atoms with Crippen molar-refractivity contribution in [2.45, 2.75) is 37.1 Å². The summed E-state index contributed by atoms with van der Waals surface area (Å²) < 4.78 is 23.4. The Labute approximate surface area is 112 Å². The van der Waals surface area contributed by atoms with Crippen molar-refractivity contribution in [1.29, 1.82) is 0 Å². The second-order valence-corrected chi connectivity index (χ2v) is 6.94. The Kier molecular flexibility index (Phi) is 2.69. The number of carbonyl (C=O) groups excluding carboxylic acids is 1. The first-order valence-electron chi connectivity index (χ1n) is 6.35. The number of nitrogens with one attached hydrogen (secondary N) is 1. The lowest BCUT2D eigenvalue weighted by Gasteiger charge is -2.14. The standard InChI is InChI=1S/C13H16N2O3S/c1-7(8-2-3-8)9-4-10-6-15-13(16)12(10)11(5-9)19(14,17)18/h4-5,7-8H,2-3,6H2,1H3,(H,15,16)(H2,14,17,18)/t7-/m0/s1. The minimum Gasteiger partial charge on any atom is -0.348 e. The van der Waals surface area contributed by atoms with Crippen LogP contribution in [0.3, 0.4) is 0 Å². The molecule has 0 unspecified atom stereocenters. The van der Waals surface area contributed by atoms with Gasteiger partial charge in [-0.25, -0.2) is 13.6 Å². The zero-order chi connectivity index (χ0) is 13.8. The van der Waals surface area contributed by atoms with Gasteiger partial charge >= 0.3 is 0 Å². The molecule has 3 N–H and O–H groups in total. The van der Waals surface area contributed by atoms with Crippen LogP contribution in [-0.2, 0) is 16.6 Å². The van der Waals surface area contributed by atoms with Crippen LogP contribution >= 0.6 is 0 Å². The smallest absolute Gasteiger partial charge is 0.253 e. The highest BCUT2D eigenvalue weighted by Gasteiger charge is 2.33. The summed E-state index contributed by atoms with van der Waals surface area (Å²) in [5.41, 5.74) is 1.91. The third-order valence-electron chi connectivity index (χ3n) is 4.03.